The summed E-state index contributed by atoms with van der Waals surface area (Å²) >= 11 is 0. The summed E-state index contributed by atoms with van der Waals surface area (Å²) in [7, 11) is -5.51. The third-order valence-corrected chi connectivity index (χ3v) is 3.09. The normalized spacial score (nSPS) is 11.2. The lowest BCUT2D eigenvalue weighted by atomic mass is 9.79. The number of hydrogen-bond acceptors (Lipinski definition) is 5. The van der Waals surface area contributed by atoms with Gasteiger partial charge in [0.05, 0.1) is 10.5 Å². The first kappa shape index (κ1) is 12.7. The van der Waals surface area contributed by atoms with Crippen LogP contribution in [0.5, 0.6) is 0 Å². The molecule has 0 aliphatic heterocycles. The van der Waals surface area contributed by atoms with Crippen molar-refractivity contribution in [1.82, 2.24) is 0 Å². The van der Waals surface area contributed by atoms with Gasteiger partial charge in [-0.15, -0.1) is 0 Å². The standard InChI is InChI=1S/C8H9BO6S/c1-16(14,15)7-3-2-5(9(12)13)4-6(7)8(10)11/h2-4,12-13H,1H3,(H,10,11). The average Bonchev–Trinajstić information content (AvgIpc) is 2.15. The van der Waals surface area contributed by atoms with Crippen molar-refractivity contribution in [3.05, 3.63) is 23.8 Å². The van der Waals surface area contributed by atoms with E-state index in [1.165, 1.54) is 0 Å². The molecule has 0 saturated carbocycles. The number of carboxylic acids is 1. The molecule has 0 bridgehead atoms. The second-order valence-electron chi connectivity index (χ2n) is 3.21. The SMILES string of the molecule is CS(=O)(=O)c1ccc(B(O)O)cc1C(=O)O. The van der Waals surface area contributed by atoms with Crippen molar-refractivity contribution >= 4 is 28.4 Å². The van der Waals surface area contributed by atoms with E-state index in [2.05, 4.69) is 0 Å². The molecule has 0 aromatic heterocycles. The number of hydrogen-bond donors (Lipinski definition) is 3. The minimum absolute atomic E-state index is 0.0789. The Morgan fingerprint density at radius 1 is 1.31 bits per heavy atom. The molecular weight excluding hydrogens is 235 g/mol. The van der Waals surface area contributed by atoms with Gasteiger partial charge in [0.2, 0.25) is 0 Å². The lowest BCUT2D eigenvalue weighted by molar-refractivity contribution is 0.0693. The molecule has 0 amide bonds. The fourth-order valence-corrected chi connectivity index (χ4v) is 2.06. The van der Waals surface area contributed by atoms with Crippen LogP contribution in [0.1, 0.15) is 10.4 Å². The summed E-state index contributed by atoms with van der Waals surface area (Å²) in [6.07, 6.45) is 0.879. The molecule has 0 heterocycles. The van der Waals surface area contributed by atoms with Crippen LogP contribution in [0.15, 0.2) is 23.1 Å². The first-order valence-electron chi connectivity index (χ1n) is 4.17. The maximum Gasteiger partial charge on any atom is 0.488 e. The van der Waals surface area contributed by atoms with Gasteiger partial charge in [0.25, 0.3) is 0 Å². The molecule has 1 aromatic rings. The van der Waals surface area contributed by atoms with Gasteiger partial charge in [-0.3, -0.25) is 0 Å². The van der Waals surface area contributed by atoms with Gasteiger partial charge in [0.15, 0.2) is 9.84 Å². The number of rotatable bonds is 3. The van der Waals surface area contributed by atoms with Gasteiger partial charge in [-0.25, -0.2) is 13.2 Å². The molecule has 86 valence electrons. The molecule has 16 heavy (non-hydrogen) atoms. The topological polar surface area (TPSA) is 112 Å². The first-order chi connectivity index (χ1) is 7.23. The predicted molar refractivity (Wildman–Crippen MR) is 56.3 cm³/mol. The summed E-state index contributed by atoms with van der Waals surface area (Å²) in [6, 6.07) is 3.10. The van der Waals surface area contributed by atoms with Gasteiger partial charge >= 0.3 is 13.1 Å². The predicted octanol–water partition coefficient (Wildman–Crippen LogP) is -1.53. The van der Waals surface area contributed by atoms with Crippen LogP contribution in [0.4, 0.5) is 0 Å². The van der Waals surface area contributed by atoms with Crippen LogP contribution < -0.4 is 5.46 Å². The fraction of sp³-hybridized carbons (Fsp3) is 0.125. The third kappa shape index (κ3) is 2.60. The molecule has 0 unspecified atom stereocenters. The Hall–Kier alpha value is -1.38. The van der Waals surface area contributed by atoms with E-state index in [-0.39, 0.29) is 10.4 Å². The van der Waals surface area contributed by atoms with Crippen LogP contribution in [0.2, 0.25) is 0 Å². The van der Waals surface area contributed by atoms with Gasteiger partial charge in [-0.1, -0.05) is 6.07 Å². The lowest BCUT2D eigenvalue weighted by Gasteiger charge is -2.06. The van der Waals surface area contributed by atoms with Crippen molar-refractivity contribution in [2.75, 3.05) is 6.26 Å². The molecule has 0 saturated heterocycles. The molecule has 0 fully saturated rings. The van der Waals surface area contributed by atoms with Crippen LogP contribution >= 0.6 is 0 Å². The Balaban J connectivity index is 3.49. The highest BCUT2D eigenvalue weighted by Crippen LogP contribution is 2.14. The van der Waals surface area contributed by atoms with Gasteiger partial charge in [0, 0.05) is 6.26 Å². The molecule has 0 radical (unpaired) electrons. The maximum absolute atomic E-state index is 11.3. The largest absolute Gasteiger partial charge is 0.488 e. The van der Waals surface area contributed by atoms with Crippen LogP contribution in [0, 0.1) is 0 Å². The summed E-state index contributed by atoms with van der Waals surface area (Å²) in [4.78, 5) is 10.5. The monoisotopic (exact) mass is 244 g/mol. The molecule has 1 aromatic carbocycles. The maximum atomic E-state index is 11.3. The van der Waals surface area contributed by atoms with Crippen molar-refractivity contribution < 1.29 is 28.4 Å². The van der Waals surface area contributed by atoms with Gasteiger partial charge in [-0.05, 0) is 17.6 Å². The minimum Gasteiger partial charge on any atom is -0.478 e. The molecule has 1 rings (SSSR count). The zero-order valence-corrected chi connectivity index (χ0v) is 9.10. The van der Waals surface area contributed by atoms with Crippen LogP contribution in [0.25, 0.3) is 0 Å². The highest BCUT2D eigenvalue weighted by atomic mass is 32.2. The summed E-state index contributed by atoms with van der Waals surface area (Å²) in [5.74, 6) is -1.44. The van der Waals surface area contributed by atoms with E-state index in [0.717, 1.165) is 24.5 Å². The molecule has 0 atom stereocenters. The van der Waals surface area contributed by atoms with E-state index in [0.29, 0.717) is 0 Å². The fourth-order valence-electron chi connectivity index (χ4n) is 1.20. The number of benzene rings is 1. The number of sulfone groups is 1. The Labute approximate surface area is 92.2 Å². The Kier molecular flexibility index (Phi) is 3.37. The molecular formula is C8H9BO6S. The van der Waals surface area contributed by atoms with Gasteiger partial charge in [-0.2, -0.15) is 0 Å². The highest BCUT2D eigenvalue weighted by molar-refractivity contribution is 7.90. The summed E-state index contributed by atoms with van der Waals surface area (Å²) < 4.78 is 22.5. The van der Waals surface area contributed by atoms with E-state index >= 15 is 0 Å². The minimum atomic E-state index is -3.67. The van der Waals surface area contributed by atoms with E-state index in [1.54, 1.807) is 0 Å². The third-order valence-electron chi connectivity index (χ3n) is 1.93. The van der Waals surface area contributed by atoms with Crippen molar-refractivity contribution in [2.24, 2.45) is 0 Å². The molecule has 0 spiro atoms. The van der Waals surface area contributed by atoms with Crippen LogP contribution in [0.3, 0.4) is 0 Å². The smallest absolute Gasteiger partial charge is 0.478 e. The molecule has 8 heteroatoms. The molecule has 0 aliphatic rings. The van der Waals surface area contributed by atoms with Gasteiger partial charge in [0.1, 0.15) is 0 Å². The average molecular weight is 244 g/mol. The molecule has 6 nitrogen and oxygen atoms in total. The van der Waals surface area contributed by atoms with Crippen molar-refractivity contribution in [1.29, 1.82) is 0 Å². The second-order valence-corrected chi connectivity index (χ2v) is 5.19. The lowest BCUT2D eigenvalue weighted by Crippen LogP contribution is -2.31. The van der Waals surface area contributed by atoms with Crippen molar-refractivity contribution in [2.45, 2.75) is 4.90 Å². The highest BCUT2D eigenvalue weighted by Gasteiger charge is 2.21. The summed E-state index contributed by atoms with van der Waals surface area (Å²) in [5, 5.41) is 26.5. The van der Waals surface area contributed by atoms with E-state index in [1.807, 2.05) is 0 Å². The first-order valence-corrected chi connectivity index (χ1v) is 6.06. The summed E-state index contributed by atoms with van der Waals surface area (Å²) in [5.41, 5.74) is -0.557. The Morgan fingerprint density at radius 2 is 1.88 bits per heavy atom. The van der Waals surface area contributed by atoms with Crippen LogP contribution in [-0.4, -0.2) is 42.9 Å². The molecule has 0 aliphatic carbocycles. The van der Waals surface area contributed by atoms with E-state index in [4.69, 9.17) is 15.2 Å². The van der Waals surface area contributed by atoms with Crippen LogP contribution in [-0.2, 0) is 9.84 Å². The zero-order valence-electron chi connectivity index (χ0n) is 8.28. The van der Waals surface area contributed by atoms with Crippen molar-refractivity contribution in [3.8, 4) is 0 Å². The molecule has 3 N–H and O–H groups in total. The van der Waals surface area contributed by atoms with E-state index < -0.39 is 28.5 Å². The number of carboxylic acid groups (broad SMARTS) is 1. The van der Waals surface area contributed by atoms with E-state index in [9.17, 15) is 13.2 Å². The second kappa shape index (κ2) is 4.24. The summed E-state index contributed by atoms with van der Waals surface area (Å²) in [6.45, 7) is 0. The number of aromatic carboxylic acids is 1. The van der Waals surface area contributed by atoms with Gasteiger partial charge < -0.3 is 15.2 Å². The quantitative estimate of drug-likeness (QED) is 0.556. The number of carbonyl (C=O) groups is 1. The Bertz CT molecular complexity index is 521. The van der Waals surface area contributed by atoms with Crippen molar-refractivity contribution in [3.63, 3.8) is 0 Å². The Morgan fingerprint density at radius 3 is 2.25 bits per heavy atom. The zero-order chi connectivity index (χ0) is 12.5.